The lowest BCUT2D eigenvalue weighted by Crippen LogP contribution is -2.22. The molecule has 2 aromatic heterocycles. The zero-order valence-electron chi connectivity index (χ0n) is 15.6. The average Bonchev–Trinajstić information content (AvgIpc) is 3.25. The Hall–Kier alpha value is -2.19. The van der Waals surface area contributed by atoms with Gasteiger partial charge in [0.1, 0.15) is 5.00 Å². The molecule has 1 amide bonds. The van der Waals surface area contributed by atoms with Crippen molar-refractivity contribution in [1.82, 2.24) is 0 Å². The molecule has 27 heavy (non-hydrogen) atoms. The van der Waals surface area contributed by atoms with Gasteiger partial charge in [-0.15, -0.1) is 22.7 Å². The molecular formula is C19H23NO5S2. The number of anilines is 1. The van der Waals surface area contributed by atoms with Gasteiger partial charge < -0.3 is 14.8 Å². The van der Waals surface area contributed by atoms with Crippen molar-refractivity contribution in [3.05, 3.63) is 38.4 Å². The summed E-state index contributed by atoms with van der Waals surface area (Å²) in [6.45, 7) is 5.44. The fourth-order valence-corrected chi connectivity index (χ4v) is 4.43. The average molecular weight is 410 g/mol. The molecule has 6 nitrogen and oxygen atoms in total. The number of rotatable bonds is 9. The molecule has 146 valence electrons. The highest BCUT2D eigenvalue weighted by Gasteiger charge is 2.23. The molecule has 0 unspecified atom stereocenters. The molecule has 0 aromatic carbocycles. The van der Waals surface area contributed by atoms with E-state index in [1.807, 2.05) is 31.4 Å². The van der Waals surface area contributed by atoms with E-state index in [1.165, 1.54) is 11.3 Å². The third-order valence-electron chi connectivity index (χ3n) is 3.81. The van der Waals surface area contributed by atoms with E-state index in [1.54, 1.807) is 18.3 Å². The third-order valence-corrected chi connectivity index (χ3v) is 5.81. The minimum absolute atomic E-state index is 0.222. The van der Waals surface area contributed by atoms with Gasteiger partial charge in [0.05, 0.1) is 18.6 Å². The van der Waals surface area contributed by atoms with Crippen LogP contribution in [0.4, 0.5) is 5.00 Å². The van der Waals surface area contributed by atoms with E-state index in [4.69, 9.17) is 9.47 Å². The molecule has 2 rings (SSSR count). The number of carbonyl (C=O) groups excluding carboxylic acids is 3. The minimum atomic E-state index is -0.478. The van der Waals surface area contributed by atoms with E-state index in [2.05, 4.69) is 5.32 Å². The second kappa shape index (κ2) is 10.2. The molecule has 0 aliphatic rings. The summed E-state index contributed by atoms with van der Waals surface area (Å²) in [7, 11) is 0. The van der Waals surface area contributed by atoms with Gasteiger partial charge in [0, 0.05) is 9.75 Å². The van der Waals surface area contributed by atoms with E-state index >= 15 is 0 Å². The molecule has 0 saturated heterocycles. The van der Waals surface area contributed by atoms with Gasteiger partial charge in [0.25, 0.3) is 5.91 Å². The largest absolute Gasteiger partial charge is 0.462 e. The van der Waals surface area contributed by atoms with Crippen LogP contribution in [0.15, 0.2) is 17.5 Å². The fraction of sp³-hybridized carbons (Fsp3) is 0.421. The maximum absolute atomic E-state index is 12.3. The van der Waals surface area contributed by atoms with Gasteiger partial charge >= 0.3 is 11.9 Å². The smallest absolute Gasteiger partial charge is 0.341 e. The number of hydrogen-bond donors (Lipinski definition) is 1. The Labute approximate surface area is 166 Å². The van der Waals surface area contributed by atoms with Crippen LogP contribution in [0.1, 0.15) is 45.9 Å². The molecule has 0 saturated carbocycles. The number of ether oxygens (including phenoxy) is 2. The lowest BCUT2D eigenvalue weighted by Gasteiger charge is -2.08. The van der Waals surface area contributed by atoms with Crippen LogP contribution in [0, 0.1) is 6.92 Å². The third kappa shape index (κ3) is 5.90. The van der Waals surface area contributed by atoms with Crippen molar-refractivity contribution < 1.29 is 23.9 Å². The van der Waals surface area contributed by atoms with Gasteiger partial charge in [-0.05, 0) is 43.7 Å². The molecule has 1 N–H and O–H groups in total. The molecule has 0 radical (unpaired) electrons. The van der Waals surface area contributed by atoms with Crippen LogP contribution in [-0.4, -0.2) is 31.1 Å². The molecule has 2 heterocycles. The quantitative estimate of drug-likeness (QED) is 0.634. The molecule has 0 aliphatic carbocycles. The van der Waals surface area contributed by atoms with Crippen LogP contribution < -0.4 is 5.32 Å². The van der Waals surface area contributed by atoms with Gasteiger partial charge in [-0.1, -0.05) is 13.0 Å². The van der Waals surface area contributed by atoms with Crippen molar-refractivity contribution >= 4 is 45.5 Å². The van der Waals surface area contributed by atoms with Crippen molar-refractivity contribution in [2.24, 2.45) is 0 Å². The van der Waals surface area contributed by atoms with Crippen molar-refractivity contribution in [1.29, 1.82) is 0 Å². The maximum Gasteiger partial charge on any atom is 0.341 e. The van der Waals surface area contributed by atoms with Gasteiger partial charge in [-0.2, -0.15) is 0 Å². The van der Waals surface area contributed by atoms with Crippen LogP contribution in [0.5, 0.6) is 0 Å². The molecule has 0 aliphatic heterocycles. The Balaban J connectivity index is 1.93. The van der Waals surface area contributed by atoms with Crippen LogP contribution in [0.25, 0.3) is 0 Å². The van der Waals surface area contributed by atoms with E-state index in [9.17, 15) is 14.4 Å². The number of carbonyl (C=O) groups is 3. The van der Waals surface area contributed by atoms with Gasteiger partial charge in [-0.3, -0.25) is 9.59 Å². The zero-order chi connectivity index (χ0) is 19.8. The van der Waals surface area contributed by atoms with Crippen LogP contribution in [0.3, 0.4) is 0 Å². The first-order chi connectivity index (χ1) is 13.0. The molecular weight excluding hydrogens is 386 g/mol. The summed E-state index contributed by atoms with van der Waals surface area (Å²) in [6, 6.07) is 3.87. The first-order valence-corrected chi connectivity index (χ1v) is 10.4. The van der Waals surface area contributed by atoms with Gasteiger partial charge in [0.2, 0.25) is 0 Å². The summed E-state index contributed by atoms with van der Waals surface area (Å²) in [5.41, 5.74) is 1.25. The van der Waals surface area contributed by atoms with Crippen molar-refractivity contribution in [2.45, 2.75) is 40.0 Å². The molecule has 0 atom stereocenters. The summed E-state index contributed by atoms with van der Waals surface area (Å²) < 4.78 is 10.1. The van der Waals surface area contributed by atoms with Crippen LogP contribution in [-0.2, 0) is 31.9 Å². The number of thiophene rings is 2. The lowest BCUT2D eigenvalue weighted by atomic mass is 10.1. The Kier molecular flexibility index (Phi) is 7.99. The topological polar surface area (TPSA) is 81.7 Å². The maximum atomic E-state index is 12.3. The normalized spacial score (nSPS) is 10.5. The number of nitrogens with one attached hydrogen (secondary N) is 1. The molecule has 2 aromatic rings. The lowest BCUT2D eigenvalue weighted by molar-refractivity contribution is -0.147. The van der Waals surface area contributed by atoms with E-state index < -0.39 is 17.8 Å². The first kappa shape index (κ1) is 21.1. The van der Waals surface area contributed by atoms with Crippen LogP contribution in [0.2, 0.25) is 0 Å². The Morgan fingerprint density at radius 3 is 2.59 bits per heavy atom. The summed E-state index contributed by atoms with van der Waals surface area (Å²) in [5, 5.41) is 5.05. The number of amides is 1. The van der Waals surface area contributed by atoms with Crippen molar-refractivity contribution in [2.75, 3.05) is 18.5 Å². The summed E-state index contributed by atoms with van der Waals surface area (Å²) in [4.78, 5) is 38.2. The predicted octanol–water partition coefficient (Wildman–Crippen LogP) is 3.97. The van der Waals surface area contributed by atoms with Gasteiger partial charge in [-0.25, -0.2) is 4.79 Å². The SMILES string of the molecule is CCOC(=O)c1c(NC(=O)COC(=O)CCc2cccs2)sc(C)c1CC. The zero-order valence-corrected chi connectivity index (χ0v) is 17.3. The summed E-state index contributed by atoms with van der Waals surface area (Å²) >= 11 is 2.89. The van der Waals surface area contributed by atoms with Crippen molar-refractivity contribution in [3.8, 4) is 0 Å². The first-order valence-electron chi connectivity index (χ1n) is 8.73. The monoisotopic (exact) mass is 409 g/mol. The second-order valence-corrected chi connectivity index (χ2v) is 7.96. The summed E-state index contributed by atoms with van der Waals surface area (Å²) in [6.07, 6.45) is 1.47. The Morgan fingerprint density at radius 1 is 1.19 bits per heavy atom. The van der Waals surface area contributed by atoms with Crippen LogP contribution >= 0.6 is 22.7 Å². The van der Waals surface area contributed by atoms with E-state index in [0.717, 1.165) is 15.3 Å². The van der Waals surface area contributed by atoms with Crippen molar-refractivity contribution in [3.63, 3.8) is 0 Å². The van der Waals surface area contributed by atoms with E-state index in [-0.39, 0.29) is 19.6 Å². The molecule has 0 spiro atoms. The number of esters is 2. The fourth-order valence-electron chi connectivity index (χ4n) is 2.57. The summed E-state index contributed by atoms with van der Waals surface area (Å²) in [5.74, 6) is -1.36. The Morgan fingerprint density at radius 2 is 1.96 bits per heavy atom. The number of aryl methyl sites for hydroxylation is 2. The molecule has 0 fully saturated rings. The number of hydrogen-bond acceptors (Lipinski definition) is 7. The highest BCUT2D eigenvalue weighted by Crippen LogP contribution is 2.34. The Bertz CT molecular complexity index is 795. The van der Waals surface area contributed by atoms with E-state index in [0.29, 0.717) is 23.4 Å². The second-order valence-electron chi connectivity index (χ2n) is 5.70. The predicted molar refractivity (Wildman–Crippen MR) is 107 cm³/mol. The molecule has 0 bridgehead atoms. The highest BCUT2D eigenvalue weighted by molar-refractivity contribution is 7.16. The minimum Gasteiger partial charge on any atom is -0.462 e. The highest BCUT2D eigenvalue weighted by atomic mass is 32.1. The molecule has 8 heteroatoms. The standard InChI is InChI=1S/C19H23NO5S2/c1-4-14-12(3)27-18(17(14)19(23)24-5-2)20-15(21)11-25-16(22)9-8-13-7-6-10-26-13/h6-7,10H,4-5,8-9,11H2,1-3H3,(H,20,21). The van der Waals surface area contributed by atoms with Gasteiger partial charge in [0.15, 0.2) is 6.61 Å².